The Morgan fingerprint density at radius 3 is 2.85 bits per heavy atom. The normalized spacial score (nSPS) is 16.9. The van der Waals surface area contributed by atoms with Gasteiger partial charge >= 0.3 is 0 Å². The molecule has 140 valence electrons. The number of benzene rings is 1. The lowest BCUT2D eigenvalue weighted by Crippen LogP contribution is -2.31. The van der Waals surface area contributed by atoms with Gasteiger partial charge in [-0.25, -0.2) is 4.98 Å². The summed E-state index contributed by atoms with van der Waals surface area (Å²) in [5.41, 5.74) is 4.22. The number of ether oxygens (including phenoxy) is 1. The van der Waals surface area contributed by atoms with Gasteiger partial charge in [0.1, 0.15) is 5.75 Å². The molecular formula is C21H24N4O2. The molecule has 1 aliphatic heterocycles. The molecule has 0 radical (unpaired) electrons. The second-order valence-corrected chi connectivity index (χ2v) is 7.15. The fourth-order valence-electron chi connectivity index (χ4n) is 4.10. The summed E-state index contributed by atoms with van der Waals surface area (Å²) in [6.45, 7) is 4.60. The van der Waals surface area contributed by atoms with Crippen LogP contribution < -0.4 is 4.74 Å². The van der Waals surface area contributed by atoms with Gasteiger partial charge in [0.25, 0.3) is 5.91 Å². The van der Waals surface area contributed by atoms with Crippen molar-refractivity contribution in [3.8, 4) is 5.75 Å². The van der Waals surface area contributed by atoms with Crippen molar-refractivity contribution in [2.75, 3.05) is 13.7 Å². The number of likely N-dealkylation sites (tertiary alicyclic amines) is 1. The molecule has 4 rings (SSSR count). The van der Waals surface area contributed by atoms with Crippen LogP contribution in [0.2, 0.25) is 0 Å². The molecule has 1 unspecified atom stereocenters. The summed E-state index contributed by atoms with van der Waals surface area (Å²) in [5.74, 6) is 0.865. The molecule has 0 spiro atoms. The summed E-state index contributed by atoms with van der Waals surface area (Å²) in [4.78, 5) is 20.1. The molecule has 1 aromatic carbocycles. The van der Waals surface area contributed by atoms with Crippen molar-refractivity contribution in [2.45, 2.75) is 32.7 Å². The van der Waals surface area contributed by atoms with Crippen LogP contribution in [0, 0.1) is 13.8 Å². The molecule has 27 heavy (non-hydrogen) atoms. The first-order valence-electron chi connectivity index (χ1n) is 9.25. The topological polar surface area (TPSA) is 60.2 Å². The SMILES string of the molecule is COc1cccc(C2CCCN2C(=O)c2cc(C)nc3c2c(C)nn3C)c1. The Hall–Kier alpha value is -2.89. The quantitative estimate of drug-likeness (QED) is 0.713. The van der Waals surface area contributed by atoms with Crippen LogP contribution in [0.3, 0.4) is 0 Å². The van der Waals surface area contributed by atoms with Crippen molar-refractivity contribution in [1.82, 2.24) is 19.7 Å². The van der Waals surface area contributed by atoms with Gasteiger partial charge in [-0.15, -0.1) is 0 Å². The van der Waals surface area contributed by atoms with Gasteiger partial charge in [-0.1, -0.05) is 12.1 Å². The van der Waals surface area contributed by atoms with Gasteiger partial charge in [0.05, 0.1) is 29.8 Å². The molecule has 0 N–H and O–H groups in total. The predicted molar refractivity (Wildman–Crippen MR) is 104 cm³/mol. The van der Waals surface area contributed by atoms with E-state index < -0.39 is 0 Å². The zero-order chi connectivity index (χ0) is 19.1. The van der Waals surface area contributed by atoms with E-state index in [0.717, 1.165) is 53.1 Å². The Kier molecular flexibility index (Phi) is 4.34. The van der Waals surface area contributed by atoms with Gasteiger partial charge in [-0.05, 0) is 50.5 Å². The van der Waals surface area contributed by atoms with E-state index in [2.05, 4.69) is 16.1 Å². The van der Waals surface area contributed by atoms with E-state index in [0.29, 0.717) is 5.56 Å². The maximum atomic E-state index is 13.5. The molecule has 3 heterocycles. The van der Waals surface area contributed by atoms with E-state index in [1.54, 1.807) is 11.8 Å². The van der Waals surface area contributed by atoms with Crippen LogP contribution in [0.15, 0.2) is 30.3 Å². The molecule has 1 saturated heterocycles. The van der Waals surface area contributed by atoms with Crippen LogP contribution in [0.25, 0.3) is 11.0 Å². The van der Waals surface area contributed by atoms with Crippen molar-refractivity contribution >= 4 is 16.9 Å². The largest absolute Gasteiger partial charge is 0.497 e. The molecule has 1 atom stereocenters. The van der Waals surface area contributed by atoms with Crippen molar-refractivity contribution in [3.63, 3.8) is 0 Å². The molecule has 1 amide bonds. The monoisotopic (exact) mass is 364 g/mol. The molecule has 0 bridgehead atoms. The maximum absolute atomic E-state index is 13.5. The van der Waals surface area contributed by atoms with Gasteiger partial charge in [0.2, 0.25) is 0 Å². The summed E-state index contributed by atoms with van der Waals surface area (Å²) < 4.78 is 7.11. The first-order chi connectivity index (χ1) is 13.0. The Morgan fingerprint density at radius 1 is 1.26 bits per heavy atom. The minimum atomic E-state index is 0.0481. The summed E-state index contributed by atoms with van der Waals surface area (Å²) in [5, 5.41) is 5.32. The number of nitrogens with zero attached hydrogens (tertiary/aromatic N) is 4. The highest BCUT2D eigenvalue weighted by Gasteiger charge is 2.32. The fraction of sp³-hybridized carbons (Fsp3) is 0.381. The summed E-state index contributed by atoms with van der Waals surface area (Å²) in [7, 11) is 3.53. The second-order valence-electron chi connectivity index (χ2n) is 7.15. The molecular weight excluding hydrogens is 340 g/mol. The minimum Gasteiger partial charge on any atom is -0.497 e. The van der Waals surface area contributed by atoms with Crippen LogP contribution >= 0.6 is 0 Å². The van der Waals surface area contributed by atoms with Crippen LogP contribution in [0.5, 0.6) is 5.75 Å². The molecule has 1 aliphatic rings. The van der Waals surface area contributed by atoms with Gasteiger partial charge in [0, 0.05) is 19.3 Å². The van der Waals surface area contributed by atoms with E-state index in [1.807, 2.05) is 50.1 Å². The lowest BCUT2D eigenvalue weighted by atomic mass is 10.0. The number of pyridine rings is 1. The summed E-state index contributed by atoms with van der Waals surface area (Å²) in [6, 6.07) is 9.96. The number of carbonyl (C=O) groups is 1. The number of hydrogen-bond donors (Lipinski definition) is 0. The second kappa shape index (κ2) is 6.68. The van der Waals surface area contributed by atoms with Gasteiger partial charge in [-0.2, -0.15) is 5.10 Å². The Bertz CT molecular complexity index is 1020. The van der Waals surface area contributed by atoms with Gasteiger partial charge in [-0.3, -0.25) is 9.48 Å². The molecule has 0 aliphatic carbocycles. The molecule has 0 saturated carbocycles. The van der Waals surface area contributed by atoms with E-state index in [9.17, 15) is 4.79 Å². The smallest absolute Gasteiger partial charge is 0.255 e. The fourth-order valence-corrected chi connectivity index (χ4v) is 4.10. The highest BCUT2D eigenvalue weighted by atomic mass is 16.5. The number of hydrogen-bond acceptors (Lipinski definition) is 4. The summed E-state index contributed by atoms with van der Waals surface area (Å²) >= 11 is 0. The number of methoxy groups -OCH3 is 1. The van der Waals surface area contributed by atoms with Crippen LogP contribution in [0.1, 0.15) is 46.2 Å². The van der Waals surface area contributed by atoms with Crippen LogP contribution in [-0.4, -0.2) is 39.2 Å². The van der Waals surface area contributed by atoms with Gasteiger partial charge in [0.15, 0.2) is 5.65 Å². The zero-order valence-electron chi connectivity index (χ0n) is 16.2. The standard InChI is InChI=1S/C21H24N4O2/c1-13-11-17(19-14(2)23-24(3)20(19)22-13)21(26)25-10-6-9-18(25)15-7-5-8-16(12-15)27-4/h5,7-8,11-12,18H,6,9-10H2,1-4H3. The molecule has 6 heteroatoms. The number of aryl methyl sites for hydroxylation is 3. The molecule has 1 fully saturated rings. The van der Waals surface area contributed by atoms with Crippen molar-refractivity contribution < 1.29 is 9.53 Å². The Balaban J connectivity index is 1.77. The number of aromatic nitrogens is 3. The number of carbonyl (C=O) groups excluding carboxylic acids is 1. The molecule has 2 aromatic heterocycles. The third kappa shape index (κ3) is 2.95. The first kappa shape index (κ1) is 17.5. The predicted octanol–water partition coefficient (Wildman–Crippen LogP) is 3.57. The average Bonchev–Trinajstić information content (AvgIpc) is 3.26. The maximum Gasteiger partial charge on any atom is 0.255 e. The van der Waals surface area contributed by atoms with E-state index in [-0.39, 0.29) is 11.9 Å². The minimum absolute atomic E-state index is 0.0481. The highest BCUT2D eigenvalue weighted by Crippen LogP contribution is 2.35. The lowest BCUT2D eigenvalue weighted by Gasteiger charge is -2.26. The van der Waals surface area contributed by atoms with Gasteiger partial charge < -0.3 is 9.64 Å². The molecule has 3 aromatic rings. The first-order valence-corrected chi connectivity index (χ1v) is 9.25. The van der Waals surface area contributed by atoms with Crippen LogP contribution in [0.4, 0.5) is 0 Å². The van der Waals surface area contributed by atoms with E-state index in [1.165, 1.54) is 0 Å². The number of rotatable bonds is 3. The number of fused-ring (bicyclic) bond motifs is 1. The third-order valence-corrected chi connectivity index (χ3v) is 5.32. The third-order valence-electron chi connectivity index (χ3n) is 5.32. The lowest BCUT2D eigenvalue weighted by molar-refractivity contribution is 0.0737. The van der Waals surface area contributed by atoms with E-state index in [4.69, 9.17) is 4.74 Å². The Labute approximate surface area is 158 Å². The van der Waals surface area contributed by atoms with E-state index >= 15 is 0 Å². The van der Waals surface area contributed by atoms with Crippen molar-refractivity contribution in [3.05, 3.63) is 52.8 Å². The number of amides is 1. The molecule has 6 nitrogen and oxygen atoms in total. The Morgan fingerprint density at radius 2 is 2.07 bits per heavy atom. The van der Waals surface area contributed by atoms with Crippen LogP contribution in [-0.2, 0) is 7.05 Å². The highest BCUT2D eigenvalue weighted by molar-refractivity contribution is 6.06. The summed E-state index contributed by atoms with van der Waals surface area (Å²) in [6.07, 6.45) is 1.95. The zero-order valence-corrected chi connectivity index (χ0v) is 16.2. The average molecular weight is 364 g/mol. The van der Waals surface area contributed by atoms with Crippen molar-refractivity contribution in [2.24, 2.45) is 7.05 Å². The van der Waals surface area contributed by atoms with Crippen molar-refractivity contribution in [1.29, 1.82) is 0 Å².